The number of amides is 3. The van der Waals surface area contributed by atoms with Crippen LogP contribution in [0.3, 0.4) is 0 Å². The largest absolute Gasteiger partial charge is 0.488 e. The van der Waals surface area contributed by atoms with Crippen LogP contribution in [0.2, 0.25) is 0 Å². The highest BCUT2D eigenvalue weighted by Crippen LogP contribution is 2.27. The molecule has 0 aliphatic carbocycles. The lowest BCUT2D eigenvalue weighted by molar-refractivity contribution is -0.127. The number of ketones is 1. The van der Waals surface area contributed by atoms with Gasteiger partial charge in [-0.2, -0.15) is 0 Å². The molecule has 10 nitrogen and oxygen atoms in total. The molecule has 0 unspecified atom stereocenters. The maximum Gasteiger partial charge on any atom is 0.488 e. The molecule has 11 heteroatoms. The van der Waals surface area contributed by atoms with Crippen molar-refractivity contribution in [1.29, 1.82) is 0 Å². The Bertz CT molecular complexity index is 1560. The molecule has 3 aromatic carbocycles. The number of hydrogen-bond donors (Lipinski definition) is 4. The van der Waals surface area contributed by atoms with Gasteiger partial charge in [0, 0.05) is 48.9 Å². The van der Waals surface area contributed by atoms with Crippen LogP contribution in [0.25, 0.3) is 10.9 Å². The molecule has 1 fully saturated rings. The number of anilines is 1. The number of hydrogen-bond acceptors (Lipinski definition) is 6. The zero-order valence-corrected chi connectivity index (χ0v) is 20.8. The van der Waals surface area contributed by atoms with Crippen LogP contribution < -0.4 is 10.8 Å². The van der Waals surface area contributed by atoms with Crippen LogP contribution in [0.1, 0.15) is 31.1 Å². The summed E-state index contributed by atoms with van der Waals surface area (Å²) in [6.45, 7) is 1.14. The molecule has 1 aliphatic heterocycles. The van der Waals surface area contributed by atoms with E-state index in [0.29, 0.717) is 35.2 Å². The molecular weight excluding hydrogens is 499 g/mol. The third-order valence-corrected chi connectivity index (χ3v) is 6.72. The van der Waals surface area contributed by atoms with E-state index in [1.165, 1.54) is 29.3 Å². The molecule has 1 aliphatic rings. The van der Waals surface area contributed by atoms with E-state index in [1.807, 2.05) is 6.07 Å². The SMILES string of the molecule is O=C(Nc1cccc2c(C(=O)C(=O)N3CCN(C(=O)c4ccccc4)CC3)c[nH]c12)c1cccc(B(O)O)c1. The first-order valence-electron chi connectivity index (χ1n) is 12.4. The van der Waals surface area contributed by atoms with Gasteiger partial charge >= 0.3 is 7.12 Å². The number of aromatic nitrogens is 1. The molecule has 2 heterocycles. The summed E-state index contributed by atoms with van der Waals surface area (Å²) in [5.74, 6) is -1.93. The van der Waals surface area contributed by atoms with Crippen LogP contribution in [0.5, 0.6) is 0 Å². The first-order chi connectivity index (χ1) is 18.8. The van der Waals surface area contributed by atoms with E-state index in [4.69, 9.17) is 0 Å². The first-order valence-corrected chi connectivity index (χ1v) is 12.4. The Balaban J connectivity index is 1.28. The van der Waals surface area contributed by atoms with Gasteiger partial charge in [0.2, 0.25) is 0 Å². The van der Waals surface area contributed by atoms with E-state index in [1.54, 1.807) is 53.4 Å². The molecule has 0 spiro atoms. The normalized spacial score (nSPS) is 13.3. The number of H-pyrrole nitrogens is 1. The number of carbonyl (C=O) groups excluding carboxylic acids is 4. The van der Waals surface area contributed by atoms with E-state index >= 15 is 0 Å². The van der Waals surface area contributed by atoms with Gasteiger partial charge in [-0.25, -0.2) is 0 Å². The van der Waals surface area contributed by atoms with E-state index in [0.717, 1.165) is 0 Å². The third-order valence-electron chi connectivity index (χ3n) is 6.72. The zero-order chi connectivity index (χ0) is 27.5. The fourth-order valence-electron chi connectivity index (χ4n) is 4.62. The lowest BCUT2D eigenvalue weighted by atomic mass is 9.79. The molecule has 0 saturated carbocycles. The summed E-state index contributed by atoms with van der Waals surface area (Å²) in [6.07, 6.45) is 1.44. The minimum atomic E-state index is -1.71. The monoisotopic (exact) mass is 524 g/mol. The fourth-order valence-corrected chi connectivity index (χ4v) is 4.62. The predicted molar refractivity (Wildman–Crippen MR) is 146 cm³/mol. The smallest absolute Gasteiger partial charge is 0.423 e. The number of aromatic amines is 1. The van der Waals surface area contributed by atoms with Crippen molar-refractivity contribution in [3.8, 4) is 0 Å². The molecule has 5 rings (SSSR count). The van der Waals surface area contributed by atoms with Gasteiger partial charge in [0.15, 0.2) is 0 Å². The first kappa shape index (κ1) is 25.9. The number of carbonyl (C=O) groups is 4. The standard InChI is InChI=1S/C28H25BN4O6/c34-25(28(37)33-14-12-32(13-15-33)27(36)18-6-2-1-3-7-18)22-17-30-24-21(22)10-5-11-23(24)31-26(35)19-8-4-9-20(16-19)29(38)39/h1-11,16-17,30,38-39H,12-15H2,(H,31,35). The summed E-state index contributed by atoms with van der Waals surface area (Å²) in [6, 6.07) is 19.9. The average molecular weight is 524 g/mol. The molecule has 4 N–H and O–H groups in total. The maximum absolute atomic E-state index is 13.2. The average Bonchev–Trinajstić information content (AvgIpc) is 3.42. The molecule has 0 radical (unpaired) electrons. The van der Waals surface area contributed by atoms with Crippen molar-refractivity contribution in [3.05, 3.63) is 95.7 Å². The van der Waals surface area contributed by atoms with Gasteiger partial charge in [-0.15, -0.1) is 0 Å². The Morgan fingerprint density at radius 2 is 1.46 bits per heavy atom. The Morgan fingerprint density at radius 3 is 2.18 bits per heavy atom. The number of benzene rings is 3. The van der Waals surface area contributed by atoms with E-state index in [9.17, 15) is 29.2 Å². The van der Waals surface area contributed by atoms with Crippen molar-refractivity contribution in [3.63, 3.8) is 0 Å². The lowest BCUT2D eigenvalue weighted by Crippen LogP contribution is -2.52. The highest BCUT2D eigenvalue weighted by Gasteiger charge is 2.30. The van der Waals surface area contributed by atoms with Crippen LogP contribution in [-0.4, -0.2) is 81.6 Å². The summed E-state index contributed by atoms with van der Waals surface area (Å²) in [5.41, 5.74) is 2.02. The quantitative estimate of drug-likeness (QED) is 0.170. The molecule has 1 aromatic heterocycles. The number of rotatable bonds is 6. The van der Waals surface area contributed by atoms with Crippen molar-refractivity contribution in [1.82, 2.24) is 14.8 Å². The lowest BCUT2D eigenvalue weighted by Gasteiger charge is -2.34. The number of nitrogens with one attached hydrogen (secondary N) is 2. The number of para-hydroxylation sites is 1. The van der Waals surface area contributed by atoms with Crippen LogP contribution in [0, 0.1) is 0 Å². The van der Waals surface area contributed by atoms with Crippen LogP contribution in [0.4, 0.5) is 5.69 Å². The predicted octanol–water partition coefficient (Wildman–Crippen LogP) is 1.27. The molecule has 39 heavy (non-hydrogen) atoms. The third kappa shape index (κ3) is 5.31. The molecule has 3 amide bonds. The summed E-state index contributed by atoms with van der Waals surface area (Å²) in [4.78, 5) is 57.9. The van der Waals surface area contributed by atoms with Gasteiger partial charge < -0.3 is 30.1 Å². The fraction of sp³-hybridized carbons (Fsp3) is 0.143. The number of piperazine rings is 1. The summed E-state index contributed by atoms with van der Waals surface area (Å²) >= 11 is 0. The van der Waals surface area contributed by atoms with E-state index in [2.05, 4.69) is 10.3 Å². The second kappa shape index (κ2) is 10.9. The van der Waals surface area contributed by atoms with Crippen molar-refractivity contribution < 1.29 is 29.2 Å². The second-order valence-corrected chi connectivity index (χ2v) is 9.16. The maximum atomic E-state index is 13.2. The van der Waals surface area contributed by atoms with Crippen LogP contribution in [-0.2, 0) is 4.79 Å². The van der Waals surface area contributed by atoms with Crippen molar-refractivity contribution in [2.75, 3.05) is 31.5 Å². The number of Topliss-reactive ketones (excluding diaryl/α,β-unsaturated/α-hetero) is 1. The summed E-state index contributed by atoms with van der Waals surface area (Å²) in [7, 11) is -1.71. The van der Waals surface area contributed by atoms with Gasteiger partial charge in [0.05, 0.1) is 16.8 Å². The van der Waals surface area contributed by atoms with Crippen molar-refractivity contribution in [2.24, 2.45) is 0 Å². The minimum Gasteiger partial charge on any atom is -0.423 e. The second-order valence-electron chi connectivity index (χ2n) is 9.16. The van der Waals surface area contributed by atoms with Crippen molar-refractivity contribution >= 4 is 52.7 Å². The van der Waals surface area contributed by atoms with E-state index in [-0.39, 0.29) is 35.6 Å². The highest BCUT2D eigenvalue weighted by molar-refractivity contribution is 6.58. The number of fused-ring (bicyclic) bond motifs is 1. The molecule has 1 saturated heterocycles. The Hall–Kier alpha value is -4.74. The van der Waals surface area contributed by atoms with Gasteiger partial charge in [0.1, 0.15) is 0 Å². The molecule has 0 atom stereocenters. The van der Waals surface area contributed by atoms with Crippen molar-refractivity contribution in [2.45, 2.75) is 0 Å². The molecule has 196 valence electrons. The summed E-state index contributed by atoms with van der Waals surface area (Å²) in [5, 5.41) is 22.0. The number of nitrogens with zero attached hydrogens (tertiary/aromatic N) is 2. The Kier molecular flexibility index (Phi) is 7.26. The van der Waals surface area contributed by atoms with Crippen LogP contribution in [0.15, 0.2) is 79.0 Å². The molecule has 4 aromatic rings. The van der Waals surface area contributed by atoms with Gasteiger partial charge in [-0.05, 0) is 35.8 Å². The minimum absolute atomic E-state index is 0.112. The topological polar surface area (TPSA) is 143 Å². The highest BCUT2D eigenvalue weighted by atomic mass is 16.4. The zero-order valence-electron chi connectivity index (χ0n) is 20.8. The molecule has 0 bridgehead atoms. The van der Waals surface area contributed by atoms with Gasteiger partial charge in [-0.3, -0.25) is 19.2 Å². The summed E-state index contributed by atoms with van der Waals surface area (Å²) < 4.78 is 0. The van der Waals surface area contributed by atoms with Gasteiger partial charge in [0.25, 0.3) is 23.5 Å². The van der Waals surface area contributed by atoms with E-state index < -0.39 is 24.7 Å². The Morgan fingerprint density at radius 1 is 0.795 bits per heavy atom. The molecular formula is C28H25BN4O6. The van der Waals surface area contributed by atoms with Crippen LogP contribution >= 0.6 is 0 Å². The Labute approximate surface area is 224 Å². The van der Waals surface area contributed by atoms with Gasteiger partial charge in [-0.1, -0.05) is 42.5 Å².